The second-order valence-corrected chi connectivity index (χ2v) is 5.82. The zero-order valence-corrected chi connectivity index (χ0v) is 11.6. The van der Waals surface area contributed by atoms with E-state index in [-0.39, 0.29) is 5.91 Å². The molecule has 1 aliphatic carbocycles. The first-order chi connectivity index (χ1) is 9.25. The van der Waals surface area contributed by atoms with E-state index in [1.807, 2.05) is 24.1 Å². The Hall–Kier alpha value is -1.51. The molecule has 0 aromatic heterocycles. The third-order valence-electron chi connectivity index (χ3n) is 4.24. The maximum atomic E-state index is 12.5. The highest BCUT2D eigenvalue weighted by Gasteiger charge is 2.24. The number of carbonyl (C=O) groups excluding carboxylic acids is 1. The summed E-state index contributed by atoms with van der Waals surface area (Å²) in [6.45, 7) is 1.91. The molecule has 1 fully saturated rings. The third kappa shape index (κ3) is 2.75. The summed E-state index contributed by atoms with van der Waals surface area (Å²) in [5.41, 5.74) is 3.24. The quantitative estimate of drug-likeness (QED) is 0.900. The Labute approximate surface area is 115 Å². The number of nitrogens with zero attached hydrogens (tertiary/aromatic N) is 1. The predicted octanol–water partition coefficient (Wildman–Crippen LogP) is 2.92. The summed E-state index contributed by atoms with van der Waals surface area (Å²) in [6, 6.07) is 6.04. The van der Waals surface area contributed by atoms with Crippen molar-refractivity contribution in [3.63, 3.8) is 0 Å². The highest BCUT2D eigenvalue weighted by atomic mass is 16.2. The normalized spacial score (nSPS) is 17.5. The Kier molecular flexibility index (Phi) is 3.45. The lowest BCUT2D eigenvalue weighted by atomic mass is 9.97. The second-order valence-electron chi connectivity index (χ2n) is 5.82. The van der Waals surface area contributed by atoms with Gasteiger partial charge in [-0.2, -0.15) is 0 Å². The van der Waals surface area contributed by atoms with Gasteiger partial charge in [-0.05, 0) is 42.9 Å². The topological polar surface area (TPSA) is 32.3 Å². The van der Waals surface area contributed by atoms with Crippen molar-refractivity contribution in [1.29, 1.82) is 0 Å². The summed E-state index contributed by atoms with van der Waals surface area (Å²) in [5.74, 6) is 1.06. The number of nitrogens with one attached hydrogen (secondary N) is 1. The van der Waals surface area contributed by atoms with Gasteiger partial charge in [0, 0.05) is 31.4 Å². The van der Waals surface area contributed by atoms with Crippen LogP contribution in [0.25, 0.3) is 0 Å². The first kappa shape index (κ1) is 12.5. The second kappa shape index (κ2) is 5.24. The molecule has 1 amide bonds. The molecule has 19 heavy (non-hydrogen) atoms. The van der Waals surface area contributed by atoms with E-state index >= 15 is 0 Å². The van der Waals surface area contributed by atoms with E-state index < -0.39 is 0 Å². The molecule has 2 aliphatic rings. The van der Waals surface area contributed by atoms with E-state index in [1.54, 1.807) is 0 Å². The van der Waals surface area contributed by atoms with Gasteiger partial charge in [0.25, 0.3) is 5.91 Å². The molecule has 3 nitrogen and oxygen atoms in total. The van der Waals surface area contributed by atoms with Gasteiger partial charge in [-0.3, -0.25) is 4.79 Å². The summed E-state index contributed by atoms with van der Waals surface area (Å²) in [7, 11) is 1.93. The van der Waals surface area contributed by atoms with Crippen molar-refractivity contribution in [1.82, 2.24) is 4.90 Å². The van der Waals surface area contributed by atoms with Gasteiger partial charge >= 0.3 is 0 Å². The molecule has 1 aromatic rings. The molecule has 1 aromatic carbocycles. The average Bonchev–Trinajstić information content (AvgIpc) is 3.27. The summed E-state index contributed by atoms with van der Waals surface area (Å²) >= 11 is 0. The van der Waals surface area contributed by atoms with Crippen LogP contribution in [0.4, 0.5) is 5.69 Å². The minimum absolute atomic E-state index is 0.182. The van der Waals surface area contributed by atoms with E-state index in [4.69, 9.17) is 0 Å². The molecule has 0 spiro atoms. The van der Waals surface area contributed by atoms with Gasteiger partial charge in [0.15, 0.2) is 0 Å². The SMILES string of the molecule is CN(CCC1CC1)C(=O)c1cccc2c1CCCN2. The van der Waals surface area contributed by atoms with Crippen LogP contribution in [0.5, 0.6) is 0 Å². The van der Waals surface area contributed by atoms with Gasteiger partial charge in [0.05, 0.1) is 0 Å². The standard InChI is InChI=1S/C16H22N2O/c1-18(11-9-12-7-8-12)16(19)14-4-2-6-15-13(14)5-3-10-17-15/h2,4,6,12,17H,3,5,7-11H2,1H3. The van der Waals surface area contributed by atoms with Crippen molar-refractivity contribution in [2.75, 3.05) is 25.5 Å². The molecular formula is C16H22N2O. The molecule has 0 atom stereocenters. The number of carbonyl (C=O) groups is 1. The fourth-order valence-electron chi connectivity index (χ4n) is 2.80. The van der Waals surface area contributed by atoms with E-state index in [1.165, 1.54) is 18.4 Å². The number of hydrogen-bond donors (Lipinski definition) is 1. The average molecular weight is 258 g/mol. The summed E-state index contributed by atoms with van der Waals surface area (Å²) in [6.07, 6.45) is 6.00. The predicted molar refractivity (Wildman–Crippen MR) is 77.6 cm³/mol. The van der Waals surface area contributed by atoms with Crippen LogP contribution in [0.3, 0.4) is 0 Å². The maximum absolute atomic E-state index is 12.5. The summed E-state index contributed by atoms with van der Waals surface area (Å²) in [5, 5.41) is 3.39. The lowest BCUT2D eigenvalue weighted by Gasteiger charge is -2.23. The van der Waals surface area contributed by atoms with Crippen molar-refractivity contribution in [2.45, 2.75) is 32.1 Å². The molecule has 1 saturated carbocycles. The van der Waals surface area contributed by atoms with Crippen molar-refractivity contribution >= 4 is 11.6 Å². The fraction of sp³-hybridized carbons (Fsp3) is 0.562. The van der Waals surface area contributed by atoms with Crippen molar-refractivity contribution < 1.29 is 4.79 Å². The molecule has 0 radical (unpaired) electrons. The van der Waals surface area contributed by atoms with E-state index in [0.717, 1.165) is 49.5 Å². The largest absolute Gasteiger partial charge is 0.385 e. The third-order valence-corrected chi connectivity index (χ3v) is 4.24. The lowest BCUT2D eigenvalue weighted by molar-refractivity contribution is 0.0790. The van der Waals surface area contributed by atoms with Gasteiger partial charge < -0.3 is 10.2 Å². The van der Waals surface area contributed by atoms with Crippen LogP contribution in [-0.4, -0.2) is 30.9 Å². The molecule has 1 heterocycles. The van der Waals surface area contributed by atoms with Gasteiger partial charge in [-0.15, -0.1) is 0 Å². The first-order valence-corrected chi connectivity index (χ1v) is 7.37. The molecule has 102 valence electrons. The molecule has 0 bridgehead atoms. The number of fused-ring (bicyclic) bond motifs is 1. The van der Waals surface area contributed by atoms with Gasteiger partial charge in [0.1, 0.15) is 0 Å². The van der Waals surface area contributed by atoms with Crippen LogP contribution in [0.2, 0.25) is 0 Å². The smallest absolute Gasteiger partial charge is 0.253 e. The Balaban J connectivity index is 1.74. The molecule has 1 aliphatic heterocycles. The Bertz CT molecular complexity index is 480. The summed E-state index contributed by atoms with van der Waals surface area (Å²) < 4.78 is 0. The molecule has 1 N–H and O–H groups in total. The minimum Gasteiger partial charge on any atom is -0.385 e. The van der Waals surface area contributed by atoms with E-state index in [2.05, 4.69) is 11.4 Å². The van der Waals surface area contributed by atoms with E-state index in [0.29, 0.717) is 0 Å². The zero-order chi connectivity index (χ0) is 13.2. The van der Waals surface area contributed by atoms with Crippen LogP contribution in [0.15, 0.2) is 18.2 Å². The fourth-order valence-corrected chi connectivity index (χ4v) is 2.80. The number of benzene rings is 1. The van der Waals surface area contributed by atoms with Crippen LogP contribution in [-0.2, 0) is 6.42 Å². The molecular weight excluding hydrogens is 236 g/mol. The van der Waals surface area contributed by atoms with Gasteiger partial charge in [-0.1, -0.05) is 18.9 Å². The molecule has 0 unspecified atom stereocenters. The Morgan fingerprint density at radius 2 is 2.26 bits per heavy atom. The monoisotopic (exact) mass is 258 g/mol. The van der Waals surface area contributed by atoms with Crippen LogP contribution < -0.4 is 5.32 Å². The van der Waals surface area contributed by atoms with Crippen molar-refractivity contribution in [3.8, 4) is 0 Å². The Morgan fingerprint density at radius 3 is 3.05 bits per heavy atom. The lowest BCUT2D eigenvalue weighted by Crippen LogP contribution is -2.29. The van der Waals surface area contributed by atoms with Crippen LogP contribution >= 0.6 is 0 Å². The van der Waals surface area contributed by atoms with Crippen molar-refractivity contribution in [3.05, 3.63) is 29.3 Å². The van der Waals surface area contributed by atoms with Crippen LogP contribution in [0.1, 0.15) is 41.6 Å². The number of hydrogen-bond acceptors (Lipinski definition) is 2. The zero-order valence-electron chi connectivity index (χ0n) is 11.6. The first-order valence-electron chi connectivity index (χ1n) is 7.37. The van der Waals surface area contributed by atoms with Gasteiger partial charge in [-0.25, -0.2) is 0 Å². The molecule has 3 rings (SSSR count). The number of amides is 1. The highest BCUT2D eigenvalue weighted by Crippen LogP contribution is 2.32. The molecule has 0 saturated heterocycles. The van der Waals surface area contributed by atoms with E-state index in [9.17, 15) is 4.79 Å². The maximum Gasteiger partial charge on any atom is 0.253 e. The number of anilines is 1. The number of rotatable bonds is 4. The minimum atomic E-state index is 0.182. The Morgan fingerprint density at radius 1 is 1.42 bits per heavy atom. The summed E-state index contributed by atoms with van der Waals surface area (Å²) in [4.78, 5) is 14.4. The van der Waals surface area contributed by atoms with Crippen LogP contribution in [0, 0.1) is 5.92 Å². The van der Waals surface area contributed by atoms with Crippen molar-refractivity contribution in [2.24, 2.45) is 5.92 Å². The van der Waals surface area contributed by atoms with Gasteiger partial charge in [0.2, 0.25) is 0 Å². The molecule has 3 heteroatoms. The highest BCUT2D eigenvalue weighted by molar-refractivity contribution is 5.97.